The Morgan fingerprint density at radius 3 is 2.55 bits per heavy atom. The molecule has 0 bridgehead atoms. The molecule has 4 aromatic heterocycles. The van der Waals surface area contributed by atoms with E-state index in [2.05, 4.69) is 30.3 Å². The van der Waals surface area contributed by atoms with Crippen LogP contribution in [0.5, 0.6) is 0 Å². The molecule has 0 aliphatic heterocycles. The molecule has 4 heterocycles. The summed E-state index contributed by atoms with van der Waals surface area (Å²) >= 11 is 5.96. The standard InChI is InChI=1S/C24H18ClF6N9O2/c1-37-19(8-33-35-37)15-10-38(12-32-15)16(6-7-42-23(27)28)17-4-2-13(9-40(17)41)21-18(5-3-14(25)22(21)26)39-11-20(34-36-39)24(29,30)31/h2-5,8-12,16,23H,6-7H2,1H3. The van der Waals surface area contributed by atoms with Crippen LogP contribution in [-0.4, -0.2) is 52.8 Å². The first-order valence-electron chi connectivity index (χ1n) is 11.9. The van der Waals surface area contributed by atoms with Crippen LogP contribution in [0, 0.1) is 11.0 Å². The minimum Gasteiger partial charge on any atom is -0.618 e. The molecule has 0 aliphatic carbocycles. The van der Waals surface area contributed by atoms with E-state index in [0.717, 1.165) is 12.3 Å². The van der Waals surface area contributed by atoms with Crippen molar-refractivity contribution in [1.29, 1.82) is 0 Å². The molecule has 0 fully saturated rings. The van der Waals surface area contributed by atoms with E-state index in [9.17, 15) is 27.2 Å². The zero-order valence-electron chi connectivity index (χ0n) is 21.3. The fourth-order valence-corrected chi connectivity index (χ4v) is 4.45. The van der Waals surface area contributed by atoms with E-state index in [1.54, 1.807) is 13.2 Å². The highest BCUT2D eigenvalue weighted by molar-refractivity contribution is 6.31. The van der Waals surface area contributed by atoms with Crippen LogP contribution in [0.3, 0.4) is 0 Å². The monoisotopic (exact) mass is 613 g/mol. The van der Waals surface area contributed by atoms with Crippen LogP contribution in [0.25, 0.3) is 28.2 Å². The second kappa shape index (κ2) is 11.4. The molecule has 0 amide bonds. The lowest BCUT2D eigenvalue weighted by Gasteiger charge is -2.19. The Bertz CT molecular complexity index is 1720. The number of hydrogen-bond donors (Lipinski definition) is 0. The van der Waals surface area contributed by atoms with Crippen LogP contribution in [0.1, 0.15) is 23.9 Å². The van der Waals surface area contributed by atoms with E-state index < -0.39 is 36.9 Å². The third-order valence-electron chi connectivity index (χ3n) is 6.25. The van der Waals surface area contributed by atoms with E-state index >= 15 is 4.39 Å². The number of benzene rings is 1. The van der Waals surface area contributed by atoms with Gasteiger partial charge in [0.1, 0.15) is 17.4 Å². The minimum atomic E-state index is -4.80. The van der Waals surface area contributed by atoms with Crippen LogP contribution in [-0.2, 0) is 18.0 Å². The first kappa shape index (κ1) is 29.0. The summed E-state index contributed by atoms with van der Waals surface area (Å²) in [6, 6.07) is 4.15. The Labute approximate surface area is 237 Å². The van der Waals surface area contributed by atoms with E-state index in [1.165, 1.54) is 40.0 Å². The summed E-state index contributed by atoms with van der Waals surface area (Å²) in [7, 11) is 1.64. The number of rotatable bonds is 9. The molecule has 1 aromatic carbocycles. The number of halogens is 7. The molecular formula is C24H18ClF6N9O2. The Balaban J connectivity index is 1.55. The third kappa shape index (κ3) is 5.78. The molecule has 42 heavy (non-hydrogen) atoms. The van der Waals surface area contributed by atoms with Gasteiger partial charge in [0.15, 0.2) is 17.7 Å². The zero-order valence-corrected chi connectivity index (χ0v) is 22.0. The van der Waals surface area contributed by atoms with E-state index in [4.69, 9.17) is 11.6 Å². The summed E-state index contributed by atoms with van der Waals surface area (Å²) in [5, 5.41) is 27.1. The van der Waals surface area contributed by atoms with Crippen molar-refractivity contribution in [2.24, 2.45) is 7.05 Å². The number of ether oxygens (including phenoxy) is 1. The highest BCUT2D eigenvalue weighted by Crippen LogP contribution is 2.35. The van der Waals surface area contributed by atoms with Crippen LogP contribution >= 0.6 is 11.6 Å². The highest BCUT2D eigenvalue weighted by atomic mass is 35.5. The summed E-state index contributed by atoms with van der Waals surface area (Å²) in [6.45, 7) is -3.46. The van der Waals surface area contributed by atoms with E-state index in [-0.39, 0.29) is 34.0 Å². The minimum absolute atomic E-state index is 0.0489. The van der Waals surface area contributed by atoms with Gasteiger partial charge in [0.2, 0.25) is 5.69 Å². The molecule has 5 aromatic rings. The SMILES string of the molecule is Cn1nncc1-c1cn(C(CCOC(F)F)c2ccc(-c3c(-n4cc(C(F)(F)F)nn4)ccc(Cl)c3F)c[n+]2[O-])cn1. The van der Waals surface area contributed by atoms with Crippen LogP contribution in [0.2, 0.25) is 5.02 Å². The number of imidazole rings is 1. The summed E-state index contributed by atoms with van der Waals surface area (Å²) in [6.07, 6.45) is 1.10. The Morgan fingerprint density at radius 1 is 1.12 bits per heavy atom. The van der Waals surface area contributed by atoms with Crippen LogP contribution < -0.4 is 4.73 Å². The maximum atomic E-state index is 15.3. The van der Waals surface area contributed by atoms with E-state index in [0.29, 0.717) is 27.0 Å². The van der Waals surface area contributed by atoms with Gasteiger partial charge in [-0.15, -0.1) is 10.2 Å². The molecule has 220 valence electrons. The van der Waals surface area contributed by atoms with Gasteiger partial charge < -0.3 is 14.5 Å². The molecular weight excluding hydrogens is 596 g/mol. The molecule has 11 nitrogen and oxygen atoms in total. The summed E-state index contributed by atoms with van der Waals surface area (Å²) in [5.41, 5.74) is -0.813. The molecule has 5 rings (SSSR count). The lowest BCUT2D eigenvalue weighted by atomic mass is 10.0. The first-order chi connectivity index (χ1) is 19.9. The lowest BCUT2D eigenvalue weighted by molar-refractivity contribution is -0.615. The van der Waals surface area contributed by atoms with Crippen molar-refractivity contribution in [2.45, 2.75) is 25.3 Å². The number of alkyl halides is 5. The number of aromatic nitrogens is 9. The predicted octanol–water partition coefficient (Wildman–Crippen LogP) is 4.59. The van der Waals surface area contributed by atoms with Gasteiger partial charge in [0.25, 0.3) is 0 Å². The van der Waals surface area contributed by atoms with E-state index in [1.807, 2.05) is 0 Å². The van der Waals surface area contributed by atoms with Gasteiger partial charge in [-0.25, -0.2) is 18.7 Å². The molecule has 0 spiro atoms. The Morgan fingerprint density at radius 2 is 1.90 bits per heavy atom. The fraction of sp³-hybridized carbons (Fsp3) is 0.250. The van der Waals surface area contributed by atoms with Crippen molar-refractivity contribution in [2.75, 3.05) is 6.61 Å². The number of pyridine rings is 1. The maximum Gasteiger partial charge on any atom is 0.436 e. The zero-order chi connectivity index (χ0) is 30.2. The molecule has 1 unspecified atom stereocenters. The largest absolute Gasteiger partial charge is 0.618 e. The summed E-state index contributed by atoms with van der Waals surface area (Å²) in [5.74, 6) is -1.02. The van der Waals surface area contributed by atoms with Crippen molar-refractivity contribution < 1.29 is 35.8 Å². The van der Waals surface area contributed by atoms with Gasteiger partial charge in [-0.2, -0.15) is 26.7 Å². The van der Waals surface area contributed by atoms with Crippen molar-refractivity contribution in [3.05, 3.63) is 82.8 Å². The molecule has 0 saturated carbocycles. The second-order valence-corrected chi connectivity index (χ2v) is 9.26. The summed E-state index contributed by atoms with van der Waals surface area (Å²) < 4.78 is 88.5. The number of aryl methyl sites for hydroxylation is 1. The average molecular weight is 614 g/mol. The molecule has 0 saturated heterocycles. The van der Waals surface area contributed by atoms with Gasteiger partial charge in [-0.1, -0.05) is 22.0 Å². The number of nitrogens with zero attached hydrogens (tertiary/aromatic N) is 9. The topological polar surface area (TPSA) is 115 Å². The molecule has 0 aliphatic rings. The molecule has 0 N–H and O–H groups in total. The summed E-state index contributed by atoms with van der Waals surface area (Å²) in [4.78, 5) is 4.29. The van der Waals surface area contributed by atoms with Gasteiger partial charge in [0, 0.05) is 25.7 Å². The van der Waals surface area contributed by atoms with Gasteiger partial charge >= 0.3 is 12.8 Å². The average Bonchev–Trinajstić information content (AvgIpc) is 3.69. The molecule has 0 radical (unpaired) electrons. The van der Waals surface area contributed by atoms with Crippen molar-refractivity contribution in [3.63, 3.8) is 0 Å². The van der Waals surface area contributed by atoms with Crippen LogP contribution in [0.4, 0.5) is 26.3 Å². The molecule has 18 heteroatoms. The predicted molar refractivity (Wildman–Crippen MR) is 133 cm³/mol. The quantitative estimate of drug-likeness (QED) is 0.136. The van der Waals surface area contributed by atoms with Crippen molar-refractivity contribution >= 4 is 11.6 Å². The second-order valence-electron chi connectivity index (χ2n) is 8.85. The third-order valence-corrected chi connectivity index (χ3v) is 6.54. The highest BCUT2D eigenvalue weighted by Gasteiger charge is 2.35. The van der Waals surface area contributed by atoms with Crippen LogP contribution in [0.15, 0.2) is 55.4 Å². The van der Waals surface area contributed by atoms with Gasteiger partial charge in [-0.3, -0.25) is 0 Å². The molecule has 1 atom stereocenters. The van der Waals surface area contributed by atoms with Gasteiger partial charge in [-0.05, 0) is 18.2 Å². The lowest BCUT2D eigenvalue weighted by Crippen LogP contribution is -2.35. The van der Waals surface area contributed by atoms with Crippen molar-refractivity contribution in [1.82, 2.24) is 39.5 Å². The maximum absolute atomic E-state index is 15.3. The van der Waals surface area contributed by atoms with Gasteiger partial charge in [0.05, 0.1) is 47.2 Å². The number of hydrogen-bond acceptors (Lipinski definition) is 7. The fourth-order valence-electron chi connectivity index (χ4n) is 4.30. The Hall–Kier alpha value is -4.51. The van der Waals surface area contributed by atoms with Crippen molar-refractivity contribution in [3.8, 4) is 28.2 Å². The normalized spacial score (nSPS) is 12.8. The smallest absolute Gasteiger partial charge is 0.436 e. The first-order valence-corrected chi connectivity index (χ1v) is 12.3. The Kier molecular flexibility index (Phi) is 7.87.